The number of hydrogen-bond donors (Lipinski definition) is 7. The van der Waals surface area contributed by atoms with E-state index >= 15 is 0 Å². The monoisotopic (exact) mass is 1530 g/mol. The molecule has 2 radical (unpaired) electrons. The summed E-state index contributed by atoms with van der Waals surface area (Å²) in [5.41, 5.74) is 17.2. The number of fused-ring (bicyclic) bond motifs is 4. The maximum atomic E-state index is 12.2. The minimum Gasteiger partial charge on any atom is -0.548 e. The van der Waals surface area contributed by atoms with E-state index in [-0.39, 0.29) is 228 Å². The molecule has 4 heterocycles. The molecule has 36 heteroatoms. The average Bonchev–Trinajstić information content (AvgIpc) is 2.45. The fourth-order valence-corrected chi connectivity index (χ4v) is 9.81. The zero-order chi connectivity index (χ0) is 62.8. The van der Waals surface area contributed by atoms with E-state index in [1.807, 2.05) is 0 Å². The van der Waals surface area contributed by atoms with Gasteiger partial charge in [-0.2, -0.15) is 0 Å². The number of carbonyl (C=O) groups is 12. The summed E-state index contributed by atoms with van der Waals surface area (Å²) < 4.78 is 0. The third-order valence-corrected chi connectivity index (χ3v) is 14.1. The van der Waals surface area contributed by atoms with Crippen LogP contribution in [0, 0.1) is 79.9 Å². The maximum absolute atomic E-state index is 12.2. The van der Waals surface area contributed by atoms with Crippen LogP contribution in [0.2, 0.25) is 0 Å². The number of nitrogens with two attached hydrogens (primary N) is 3. The number of hydrogen-bond acceptors (Lipinski definition) is 27. The Balaban J connectivity index is 0. The molecule has 4 bridgehead atoms. The van der Waals surface area contributed by atoms with E-state index in [2.05, 4.69) is 9.97 Å². The van der Waals surface area contributed by atoms with Gasteiger partial charge >= 0.3 is 97.8 Å². The van der Waals surface area contributed by atoms with Crippen LogP contribution >= 0.6 is 0 Å². The second-order valence-electron chi connectivity index (χ2n) is 20.0. The first kappa shape index (κ1) is 84.3. The number of carbonyl (C=O) groups excluding carboxylic acids is 9. The molecule has 0 aliphatic carbocycles. The van der Waals surface area contributed by atoms with E-state index in [4.69, 9.17) is 32.5 Å². The van der Waals surface area contributed by atoms with Crippen LogP contribution < -0.4 is 54.0 Å². The summed E-state index contributed by atoms with van der Waals surface area (Å²) in [5.74, 6) is -15.0. The van der Waals surface area contributed by atoms with E-state index in [0.717, 1.165) is 0 Å². The van der Waals surface area contributed by atoms with Crippen LogP contribution in [0.25, 0.3) is 0 Å². The molecule has 2 aromatic rings. The minimum atomic E-state index is -1.60. The zero-order valence-electron chi connectivity index (χ0n) is 47.8. The molecule has 0 saturated heterocycles. The molecule has 0 saturated carbocycles. The number of carboxylic acid groups (broad SMARTS) is 9. The fraction of sp³-hybridized carbons (Fsp3) is 0.577. The number of carboxylic acids is 9. The molecule has 490 valence electrons. The molecule has 2 aliphatic heterocycles. The first-order chi connectivity index (χ1) is 39.6. The Labute approximate surface area is 569 Å². The summed E-state index contributed by atoms with van der Waals surface area (Å²) in [4.78, 5) is 158. The molecular weight excluding hydrogens is 1460 g/mol. The van der Waals surface area contributed by atoms with Gasteiger partial charge in [0.1, 0.15) is 0 Å². The average molecular weight is 1530 g/mol. The molecular formula is C52H74Gd2N12O22. The van der Waals surface area contributed by atoms with Crippen molar-refractivity contribution in [1.82, 2.24) is 45.5 Å². The standard InChI is InChI=1S/C26H39N7O9.C26H36N4O12.2Gd.H3N.H2O/c27-21(34)7-4-18(24(37)38)31-10-12-32(19(25(39)40)5-8-22(28)35)14-16-2-1-3-17(30-16)15-33(13-11-31)20(26(41)42)6-9-23(29)36;31-21(32)7-4-18(24(37)38)28-10-12-29(19(25(39)40)5-8-22(33)34)14-16-2-1-3-17(27-16)15-30(13-11-28)20(26(41)42)6-9-23(35)36;;;;/h1-3,18-20H,4-15H2,(H2,27,34)(H2,28,35)(H2,29,36)(H,37,38)(H,39,40)(H,41,42);1-3,18-20H,4-15H2,(H,31,32)(H,33,34)(H,35,36)(H,37,38)(H,39,40)(H,41,42);;;1H3;1H2/q;;2*+3;;/p-6. The Hall–Kier alpha value is -5.73. The molecule has 2 aliphatic rings. The van der Waals surface area contributed by atoms with Gasteiger partial charge in [-0.05, 0) is 62.8 Å². The number of aromatic nitrogens is 2. The van der Waals surface area contributed by atoms with Crippen LogP contribution in [0.4, 0.5) is 0 Å². The van der Waals surface area contributed by atoms with Gasteiger partial charge in [0.2, 0.25) is 17.7 Å². The number of aliphatic carboxylic acids is 9. The van der Waals surface area contributed by atoms with Crippen molar-refractivity contribution in [3.63, 3.8) is 0 Å². The van der Waals surface area contributed by atoms with Gasteiger partial charge in [-0.15, -0.1) is 0 Å². The van der Waals surface area contributed by atoms with Gasteiger partial charge in [0, 0.05) is 129 Å². The molecule has 0 aromatic carbocycles. The molecule has 0 spiro atoms. The van der Waals surface area contributed by atoms with E-state index in [0.29, 0.717) is 22.8 Å². The summed E-state index contributed by atoms with van der Waals surface area (Å²) in [6.45, 7) is -1.13. The van der Waals surface area contributed by atoms with Gasteiger partial charge in [-0.25, -0.2) is 0 Å². The summed E-state index contributed by atoms with van der Waals surface area (Å²) in [6, 6.07) is 1.59. The van der Waals surface area contributed by atoms with Crippen LogP contribution in [-0.2, 0) is 83.7 Å². The first-order valence-electron chi connectivity index (χ1n) is 26.7. The SMILES string of the molecule is N.NC(=O)CCC(C(=O)[O-])N1CCN(C(CCC(N)=O)C(=O)[O-])Cc2cccc(n2)CN(C(CCC(N)=O)C(=O)[O-])CC1.O.O=C(O)CCC(C(=O)[O-])N1CCN(C(CCC(=O)O)C(=O)[O-])Cc2cccc(n2)CN(C(CCC(=O)O)C(=O)[O-])CC1.[Gd+3].[Gd+3]. The Kier molecular flexibility index (Phi) is 41.3. The van der Waals surface area contributed by atoms with E-state index in [9.17, 15) is 88.2 Å². The molecule has 3 amide bonds. The maximum Gasteiger partial charge on any atom is 3.00 e. The largest absolute Gasteiger partial charge is 3.00 e. The van der Waals surface area contributed by atoms with Crippen LogP contribution in [0.3, 0.4) is 0 Å². The second-order valence-corrected chi connectivity index (χ2v) is 20.0. The Morgan fingerprint density at radius 2 is 0.534 bits per heavy atom. The number of pyridine rings is 2. The third kappa shape index (κ3) is 30.7. The molecule has 4 rings (SSSR count). The Bertz CT molecular complexity index is 2360. The summed E-state index contributed by atoms with van der Waals surface area (Å²) in [7, 11) is 0. The molecule has 14 N–H and O–H groups in total. The quantitative estimate of drug-likeness (QED) is 0.0382. The van der Waals surface area contributed by atoms with Crippen LogP contribution in [-0.4, -0.2) is 220 Å². The van der Waals surface area contributed by atoms with Gasteiger partial charge in [0.05, 0.1) is 82.8 Å². The number of amides is 3. The van der Waals surface area contributed by atoms with Crippen molar-refractivity contribution in [2.75, 3.05) is 52.4 Å². The molecule has 6 atom stereocenters. The van der Waals surface area contributed by atoms with E-state index in [1.165, 1.54) is 29.4 Å². The number of primary amides is 3. The van der Waals surface area contributed by atoms with Crippen molar-refractivity contribution < 1.29 is 189 Å². The van der Waals surface area contributed by atoms with Crippen molar-refractivity contribution in [2.45, 2.75) is 139 Å². The topological polar surface area (TPSA) is 594 Å². The first-order valence-corrected chi connectivity index (χ1v) is 26.7. The number of rotatable bonds is 30. The summed E-state index contributed by atoms with van der Waals surface area (Å²) >= 11 is 0. The normalized spacial score (nSPS) is 16.8. The fourth-order valence-electron chi connectivity index (χ4n) is 9.81. The Morgan fingerprint density at radius 3 is 0.705 bits per heavy atom. The predicted molar refractivity (Wildman–Crippen MR) is 281 cm³/mol. The number of nitrogens with zero attached hydrogens (tertiary/aromatic N) is 8. The van der Waals surface area contributed by atoms with E-state index in [1.54, 1.807) is 36.4 Å². The zero-order valence-corrected chi connectivity index (χ0v) is 52.3. The third-order valence-electron chi connectivity index (χ3n) is 14.1. The van der Waals surface area contributed by atoms with Crippen molar-refractivity contribution in [1.29, 1.82) is 0 Å². The van der Waals surface area contributed by atoms with Gasteiger partial charge in [-0.3, -0.25) is 68.1 Å². The van der Waals surface area contributed by atoms with E-state index < -0.39 is 127 Å². The molecule has 34 nitrogen and oxygen atoms in total. The summed E-state index contributed by atoms with van der Waals surface area (Å²) in [6.07, 6.45) is -3.79. The second kappa shape index (κ2) is 43.1. The summed E-state index contributed by atoms with van der Waals surface area (Å²) in [5, 5.41) is 99.9. The molecule has 2 aromatic heterocycles. The molecule has 6 unspecified atom stereocenters. The van der Waals surface area contributed by atoms with Gasteiger partial charge in [0.15, 0.2) is 0 Å². The van der Waals surface area contributed by atoms with Crippen LogP contribution in [0.15, 0.2) is 36.4 Å². The van der Waals surface area contributed by atoms with Gasteiger partial charge in [-0.1, -0.05) is 12.1 Å². The van der Waals surface area contributed by atoms with Crippen molar-refractivity contribution in [3.8, 4) is 0 Å². The minimum absolute atomic E-state index is 0. The van der Waals surface area contributed by atoms with Crippen molar-refractivity contribution in [2.24, 2.45) is 17.2 Å². The van der Waals surface area contributed by atoms with Crippen LogP contribution in [0.5, 0.6) is 0 Å². The Morgan fingerprint density at radius 1 is 0.364 bits per heavy atom. The van der Waals surface area contributed by atoms with Gasteiger partial charge < -0.3 is 104 Å². The smallest absolute Gasteiger partial charge is 0.548 e. The predicted octanol–water partition coefficient (Wildman–Crippen LogP) is -10.6. The van der Waals surface area contributed by atoms with Crippen LogP contribution in [0.1, 0.15) is 99.8 Å². The van der Waals surface area contributed by atoms with Crippen molar-refractivity contribution >= 4 is 71.4 Å². The molecule has 88 heavy (non-hydrogen) atoms. The molecule has 0 fully saturated rings. The van der Waals surface area contributed by atoms with Gasteiger partial charge in [0.25, 0.3) is 0 Å². The van der Waals surface area contributed by atoms with Crippen molar-refractivity contribution in [3.05, 3.63) is 59.2 Å².